The van der Waals surface area contributed by atoms with Crippen LogP contribution >= 0.6 is 15.9 Å². The fourth-order valence-corrected chi connectivity index (χ4v) is 5.02. The van der Waals surface area contributed by atoms with Crippen LogP contribution in [0.5, 0.6) is 0 Å². The van der Waals surface area contributed by atoms with Gasteiger partial charge in [-0.15, -0.1) is 0 Å². The molecule has 1 heterocycles. The first-order valence-corrected chi connectivity index (χ1v) is 10.9. The van der Waals surface area contributed by atoms with Crippen molar-refractivity contribution in [3.63, 3.8) is 0 Å². The molecule has 0 fully saturated rings. The molecule has 0 saturated heterocycles. The molecule has 0 saturated carbocycles. The van der Waals surface area contributed by atoms with Crippen LogP contribution in [0.25, 0.3) is 49.4 Å². The summed E-state index contributed by atoms with van der Waals surface area (Å²) in [7, 11) is 0. The number of aromatic nitrogens is 1. The van der Waals surface area contributed by atoms with Crippen molar-refractivity contribution in [1.29, 1.82) is 0 Å². The van der Waals surface area contributed by atoms with Crippen molar-refractivity contribution in [2.75, 3.05) is 0 Å². The first kappa shape index (κ1) is 17.5. The summed E-state index contributed by atoms with van der Waals surface area (Å²) in [6.07, 6.45) is 0. The zero-order chi connectivity index (χ0) is 20.1. The van der Waals surface area contributed by atoms with Crippen LogP contribution in [0.15, 0.2) is 114 Å². The molecule has 2 heteroatoms. The van der Waals surface area contributed by atoms with Crippen LogP contribution in [0.1, 0.15) is 0 Å². The van der Waals surface area contributed by atoms with Gasteiger partial charge in [0.15, 0.2) is 0 Å². The van der Waals surface area contributed by atoms with E-state index in [1.54, 1.807) is 0 Å². The lowest BCUT2D eigenvalue weighted by molar-refractivity contribution is 1.18. The quantitative estimate of drug-likeness (QED) is 0.251. The number of nitrogens with zero attached hydrogens (tertiary/aromatic N) is 1. The monoisotopic (exact) mass is 447 g/mol. The fraction of sp³-hybridized carbons (Fsp3) is 0. The van der Waals surface area contributed by atoms with E-state index in [0.29, 0.717) is 0 Å². The van der Waals surface area contributed by atoms with Crippen LogP contribution in [0.3, 0.4) is 0 Å². The molecule has 1 aromatic heterocycles. The standard InChI is InChI=1S/C28H18BrN/c29-26-14-7-12-22-21(11-6-13-23(22)26)19-16-17-28-25(18-19)24-10-4-5-15-27(24)30(28)20-8-2-1-3-9-20/h1-18H. The van der Waals surface area contributed by atoms with E-state index < -0.39 is 0 Å². The van der Waals surface area contributed by atoms with Crippen LogP contribution < -0.4 is 0 Å². The minimum atomic E-state index is 1.13. The second kappa shape index (κ2) is 6.86. The zero-order valence-electron chi connectivity index (χ0n) is 16.2. The van der Waals surface area contributed by atoms with Gasteiger partial charge in [0, 0.05) is 20.9 Å². The summed E-state index contributed by atoms with van der Waals surface area (Å²) in [6.45, 7) is 0. The van der Waals surface area contributed by atoms with Crippen LogP contribution in [-0.2, 0) is 0 Å². The van der Waals surface area contributed by atoms with Crippen LogP contribution in [0.2, 0.25) is 0 Å². The SMILES string of the molecule is Brc1cccc2c(-c3ccc4c(c3)c3ccccc3n4-c3ccccc3)cccc12. The van der Waals surface area contributed by atoms with Gasteiger partial charge in [-0.3, -0.25) is 0 Å². The summed E-state index contributed by atoms with van der Waals surface area (Å²) in [6, 6.07) is 39.0. The molecule has 0 unspecified atom stereocenters. The average Bonchev–Trinajstić information content (AvgIpc) is 3.13. The van der Waals surface area contributed by atoms with Gasteiger partial charge in [0.25, 0.3) is 0 Å². The van der Waals surface area contributed by atoms with E-state index in [4.69, 9.17) is 0 Å². The Morgan fingerprint density at radius 1 is 0.500 bits per heavy atom. The van der Waals surface area contributed by atoms with E-state index in [0.717, 1.165) is 4.47 Å². The summed E-state index contributed by atoms with van der Waals surface area (Å²) in [4.78, 5) is 0. The van der Waals surface area contributed by atoms with Gasteiger partial charge >= 0.3 is 0 Å². The Labute approximate surface area is 183 Å². The van der Waals surface area contributed by atoms with Crippen molar-refractivity contribution in [2.24, 2.45) is 0 Å². The van der Waals surface area contributed by atoms with E-state index in [-0.39, 0.29) is 0 Å². The third-order valence-electron chi connectivity index (χ3n) is 5.87. The Balaban J connectivity index is 1.68. The third-order valence-corrected chi connectivity index (χ3v) is 6.56. The Kier molecular flexibility index (Phi) is 4.00. The maximum atomic E-state index is 3.70. The molecule has 0 atom stereocenters. The Morgan fingerprint density at radius 3 is 2.10 bits per heavy atom. The summed E-state index contributed by atoms with van der Waals surface area (Å²) >= 11 is 3.70. The molecule has 5 aromatic carbocycles. The fourth-order valence-electron chi connectivity index (χ4n) is 4.52. The lowest BCUT2D eigenvalue weighted by Crippen LogP contribution is -1.92. The van der Waals surface area contributed by atoms with Crippen molar-refractivity contribution in [2.45, 2.75) is 0 Å². The molecule has 6 rings (SSSR count). The van der Waals surface area contributed by atoms with Crippen LogP contribution in [0.4, 0.5) is 0 Å². The Bertz CT molecular complexity index is 1540. The lowest BCUT2D eigenvalue weighted by atomic mass is 9.97. The number of para-hydroxylation sites is 2. The number of hydrogen-bond acceptors (Lipinski definition) is 0. The smallest absolute Gasteiger partial charge is 0.0541 e. The predicted molar refractivity (Wildman–Crippen MR) is 131 cm³/mol. The van der Waals surface area contributed by atoms with Gasteiger partial charge in [-0.05, 0) is 58.3 Å². The largest absolute Gasteiger partial charge is 0.309 e. The van der Waals surface area contributed by atoms with E-state index in [1.807, 2.05) is 0 Å². The average molecular weight is 448 g/mol. The molecule has 0 aliphatic heterocycles. The number of fused-ring (bicyclic) bond motifs is 4. The highest BCUT2D eigenvalue weighted by atomic mass is 79.9. The predicted octanol–water partition coefficient (Wildman–Crippen LogP) is 8.37. The van der Waals surface area contributed by atoms with Gasteiger partial charge in [-0.2, -0.15) is 0 Å². The molecule has 1 nitrogen and oxygen atoms in total. The summed E-state index contributed by atoms with van der Waals surface area (Å²) < 4.78 is 3.48. The van der Waals surface area contributed by atoms with E-state index in [9.17, 15) is 0 Å². The van der Waals surface area contributed by atoms with E-state index in [1.165, 1.54) is 49.4 Å². The lowest BCUT2D eigenvalue weighted by Gasteiger charge is -2.10. The first-order valence-electron chi connectivity index (χ1n) is 10.1. The van der Waals surface area contributed by atoms with Gasteiger partial charge in [0.05, 0.1) is 11.0 Å². The normalized spacial score (nSPS) is 11.5. The summed E-state index contributed by atoms with van der Waals surface area (Å²) in [5.41, 5.74) is 6.14. The second-order valence-corrected chi connectivity index (χ2v) is 8.41. The molecule has 6 aromatic rings. The molecule has 0 amide bonds. The van der Waals surface area contributed by atoms with Crippen LogP contribution in [-0.4, -0.2) is 4.57 Å². The number of hydrogen-bond donors (Lipinski definition) is 0. The van der Waals surface area contributed by atoms with Crippen molar-refractivity contribution in [3.05, 3.63) is 114 Å². The second-order valence-electron chi connectivity index (χ2n) is 7.56. The van der Waals surface area contributed by atoms with Gasteiger partial charge in [-0.1, -0.05) is 88.7 Å². The maximum absolute atomic E-state index is 3.70. The molecular formula is C28H18BrN. The van der Waals surface area contributed by atoms with Gasteiger partial charge in [0.1, 0.15) is 0 Å². The molecule has 0 spiro atoms. The first-order chi connectivity index (χ1) is 14.8. The molecule has 0 bridgehead atoms. The van der Waals surface area contributed by atoms with Crippen LogP contribution in [0, 0.1) is 0 Å². The minimum Gasteiger partial charge on any atom is -0.309 e. The number of rotatable bonds is 2. The number of halogens is 1. The Hall–Kier alpha value is -3.36. The molecular weight excluding hydrogens is 430 g/mol. The zero-order valence-corrected chi connectivity index (χ0v) is 17.8. The molecule has 30 heavy (non-hydrogen) atoms. The van der Waals surface area contributed by atoms with Crippen molar-refractivity contribution >= 4 is 48.5 Å². The summed E-state index contributed by atoms with van der Waals surface area (Å²) in [5, 5.41) is 5.05. The van der Waals surface area contributed by atoms with Gasteiger partial charge in [-0.25, -0.2) is 0 Å². The minimum absolute atomic E-state index is 1.13. The highest BCUT2D eigenvalue weighted by Crippen LogP contribution is 2.37. The molecule has 0 aliphatic rings. The molecule has 0 radical (unpaired) electrons. The summed E-state index contributed by atoms with van der Waals surface area (Å²) in [5.74, 6) is 0. The maximum Gasteiger partial charge on any atom is 0.0541 e. The van der Waals surface area contributed by atoms with Crippen molar-refractivity contribution in [3.8, 4) is 16.8 Å². The third kappa shape index (κ3) is 2.61. The van der Waals surface area contributed by atoms with Gasteiger partial charge < -0.3 is 4.57 Å². The van der Waals surface area contributed by atoms with E-state index in [2.05, 4.69) is 130 Å². The van der Waals surface area contributed by atoms with Crippen molar-refractivity contribution < 1.29 is 0 Å². The number of benzene rings is 5. The van der Waals surface area contributed by atoms with Gasteiger partial charge in [0.2, 0.25) is 0 Å². The molecule has 0 aliphatic carbocycles. The Morgan fingerprint density at radius 2 is 1.20 bits per heavy atom. The molecule has 142 valence electrons. The topological polar surface area (TPSA) is 4.93 Å². The molecule has 0 N–H and O–H groups in total. The highest BCUT2D eigenvalue weighted by molar-refractivity contribution is 9.10. The highest BCUT2D eigenvalue weighted by Gasteiger charge is 2.13. The van der Waals surface area contributed by atoms with E-state index >= 15 is 0 Å². The van der Waals surface area contributed by atoms with Crippen molar-refractivity contribution in [1.82, 2.24) is 4.57 Å².